The highest BCUT2D eigenvalue weighted by Gasteiger charge is 2.29. The van der Waals surface area contributed by atoms with Crippen LogP contribution in [-0.2, 0) is 0 Å². The van der Waals surface area contributed by atoms with Crippen LogP contribution in [0.3, 0.4) is 0 Å². The number of furan rings is 1. The number of aliphatic hydroxyl groups excluding tert-OH is 1. The van der Waals surface area contributed by atoms with Crippen molar-refractivity contribution in [2.75, 3.05) is 13.2 Å². The Kier molecular flexibility index (Phi) is 2.89. The minimum absolute atomic E-state index is 0.255. The van der Waals surface area contributed by atoms with E-state index in [9.17, 15) is 5.11 Å². The van der Waals surface area contributed by atoms with Gasteiger partial charge in [-0.15, -0.1) is 0 Å². The lowest BCUT2D eigenvalue weighted by Crippen LogP contribution is -2.34. The molecular weight excluding hydrogens is 178 g/mol. The molecule has 0 saturated carbocycles. The topological polar surface area (TPSA) is 36.6 Å². The first-order chi connectivity index (χ1) is 6.83. The summed E-state index contributed by atoms with van der Waals surface area (Å²) in [5.74, 6) is 0.991. The molecule has 2 heterocycles. The molecule has 0 amide bonds. The maximum Gasteiger partial charge on any atom is 0.120 e. The van der Waals surface area contributed by atoms with E-state index in [4.69, 9.17) is 4.42 Å². The van der Waals surface area contributed by atoms with Crippen molar-refractivity contribution in [3.63, 3.8) is 0 Å². The van der Waals surface area contributed by atoms with Gasteiger partial charge in [0.1, 0.15) is 5.76 Å². The summed E-state index contributed by atoms with van der Waals surface area (Å²) in [7, 11) is 0. The first-order valence-corrected chi connectivity index (χ1v) is 5.23. The van der Waals surface area contributed by atoms with E-state index >= 15 is 0 Å². The Morgan fingerprint density at radius 1 is 1.71 bits per heavy atom. The van der Waals surface area contributed by atoms with E-state index in [1.807, 2.05) is 12.1 Å². The molecule has 1 saturated heterocycles. The average molecular weight is 195 g/mol. The van der Waals surface area contributed by atoms with E-state index in [0.29, 0.717) is 6.04 Å². The van der Waals surface area contributed by atoms with Crippen molar-refractivity contribution in [2.24, 2.45) is 0 Å². The minimum Gasteiger partial charge on any atom is -0.468 e. The summed E-state index contributed by atoms with van der Waals surface area (Å²) in [5, 5.41) is 9.21. The number of likely N-dealkylation sites (tertiary alicyclic amines) is 1. The van der Waals surface area contributed by atoms with Crippen molar-refractivity contribution in [2.45, 2.75) is 31.8 Å². The van der Waals surface area contributed by atoms with Gasteiger partial charge >= 0.3 is 0 Å². The van der Waals surface area contributed by atoms with Crippen LogP contribution in [0.5, 0.6) is 0 Å². The zero-order valence-corrected chi connectivity index (χ0v) is 8.52. The van der Waals surface area contributed by atoms with Crippen LogP contribution in [0.2, 0.25) is 0 Å². The summed E-state index contributed by atoms with van der Waals surface area (Å²) >= 11 is 0. The molecule has 0 aliphatic carbocycles. The Balaban J connectivity index is 2.07. The molecule has 1 aromatic heterocycles. The Hall–Kier alpha value is -0.800. The second-order valence-electron chi connectivity index (χ2n) is 3.91. The summed E-state index contributed by atoms with van der Waals surface area (Å²) in [6, 6.07) is 4.51. The lowest BCUT2D eigenvalue weighted by atomic mass is 10.2. The smallest absolute Gasteiger partial charge is 0.120 e. The third kappa shape index (κ3) is 1.70. The molecule has 1 aliphatic heterocycles. The van der Waals surface area contributed by atoms with Gasteiger partial charge in [0.25, 0.3) is 0 Å². The van der Waals surface area contributed by atoms with Crippen molar-refractivity contribution in [3.8, 4) is 0 Å². The minimum atomic E-state index is 0.255. The maximum absolute atomic E-state index is 9.21. The zero-order valence-electron chi connectivity index (χ0n) is 8.52. The van der Waals surface area contributed by atoms with Gasteiger partial charge in [-0.05, 0) is 38.4 Å². The molecular formula is C11H17NO2. The largest absolute Gasteiger partial charge is 0.468 e. The van der Waals surface area contributed by atoms with Gasteiger partial charge in [-0.25, -0.2) is 0 Å². The quantitative estimate of drug-likeness (QED) is 0.799. The number of hydrogen-bond donors (Lipinski definition) is 1. The number of aliphatic hydroxyl groups is 1. The third-order valence-corrected chi connectivity index (χ3v) is 3.09. The second-order valence-corrected chi connectivity index (χ2v) is 3.91. The third-order valence-electron chi connectivity index (χ3n) is 3.09. The van der Waals surface area contributed by atoms with Crippen LogP contribution in [0.15, 0.2) is 22.8 Å². The molecule has 14 heavy (non-hydrogen) atoms. The van der Waals surface area contributed by atoms with Crippen LogP contribution in [0.4, 0.5) is 0 Å². The lowest BCUT2D eigenvalue weighted by Gasteiger charge is -2.27. The van der Waals surface area contributed by atoms with Gasteiger partial charge in [0.2, 0.25) is 0 Å². The molecule has 2 atom stereocenters. The van der Waals surface area contributed by atoms with Gasteiger partial charge in [0.15, 0.2) is 0 Å². The summed E-state index contributed by atoms with van der Waals surface area (Å²) in [4.78, 5) is 2.32. The highest BCUT2D eigenvalue weighted by Crippen LogP contribution is 2.28. The van der Waals surface area contributed by atoms with Crippen molar-refractivity contribution in [1.82, 2.24) is 4.90 Å². The molecule has 1 fully saturated rings. The molecule has 2 rings (SSSR count). The Bertz CT molecular complexity index is 271. The molecule has 3 heteroatoms. The molecule has 0 aromatic carbocycles. The van der Waals surface area contributed by atoms with E-state index in [1.54, 1.807) is 6.26 Å². The second kappa shape index (κ2) is 4.15. The van der Waals surface area contributed by atoms with Crippen molar-refractivity contribution >= 4 is 0 Å². The van der Waals surface area contributed by atoms with Crippen molar-refractivity contribution < 1.29 is 9.52 Å². The van der Waals surface area contributed by atoms with E-state index < -0.39 is 0 Å². The van der Waals surface area contributed by atoms with Crippen molar-refractivity contribution in [3.05, 3.63) is 24.2 Å². The van der Waals surface area contributed by atoms with Gasteiger partial charge in [-0.1, -0.05) is 0 Å². The highest BCUT2D eigenvalue weighted by molar-refractivity contribution is 5.05. The van der Waals surface area contributed by atoms with E-state index in [1.165, 1.54) is 6.42 Å². The van der Waals surface area contributed by atoms with Gasteiger partial charge in [-0.2, -0.15) is 0 Å². The summed E-state index contributed by atoms with van der Waals surface area (Å²) in [6.45, 7) is 3.45. The predicted octanol–water partition coefficient (Wildman–Crippen LogP) is 1.80. The van der Waals surface area contributed by atoms with Crippen LogP contribution < -0.4 is 0 Å². The van der Waals surface area contributed by atoms with Gasteiger partial charge in [0.05, 0.1) is 18.9 Å². The molecule has 1 N–H and O–H groups in total. The Morgan fingerprint density at radius 3 is 3.21 bits per heavy atom. The van der Waals surface area contributed by atoms with Gasteiger partial charge in [0, 0.05) is 6.04 Å². The van der Waals surface area contributed by atoms with E-state index in [2.05, 4.69) is 11.8 Å². The monoisotopic (exact) mass is 195 g/mol. The Labute approximate surface area is 84.3 Å². The first kappa shape index (κ1) is 9.74. The number of hydrogen-bond acceptors (Lipinski definition) is 3. The van der Waals surface area contributed by atoms with Gasteiger partial charge < -0.3 is 9.52 Å². The van der Waals surface area contributed by atoms with Crippen LogP contribution >= 0.6 is 0 Å². The van der Waals surface area contributed by atoms with Gasteiger partial charge in [-0.3, -0.25) is 4.90 Å². The first-order valence-electron chi connectivity index (χ1n) is 5.23. The molecule has 1 aromatic rings. The van der Waals surface area contributed by atoms with E-state index in [0.717, 1.165) is 18.7 Å². The van der Waals surface area contributed by atoms with E-state index in [-0.39, 0.29) is 12.6 Å². The van der Waals surface area contributed by atoms with Crippen molar-refractivity contribution in [1.29, 1.82) is 0 Å². The standard InChI is InChI=1S/C11H17NO2/c1-9(11-5-3-7-14-11)12-6-2-4-10(12)8-13/h3,5,7,9-10,13H,2,4,6,8H2,1H3. The zero-order chi connectivity index (χ0) is 9.97. The van der Waals surface area contributed by atoms with Crippen LogP contribution in [0, 0.1) is 0 Å². The molecule has 1 aliphatic rings. The molecule has 0 radical (unpaired) electrons. The molecule has 2 unspecified atom stereocenters. The predicted molar refractivity (Wildman–Crippen MR) is 53.9 cm³/mol. The molecule has 0 bridgehead atoms. The number of rotatable bonds is 3. The van der Waals surface area contributed by atoms with Crippen LogP contribution in [0.1, 0.15) is 31.6 Å². The van der Waals surface area contributed by atoms with Crippen LogP contribution in [-0.4, -0.2) is 29.2 Å². The summed E-state index contributed by atoms with van der Waals surface area (Å²) < 4.78 is 5.38. The lowest BCUT2D eigenvalue weighted by molar-refractivity contribution is 0.116. The Morgan fingerprint density at radius 2 is 2.57 bits per heavy atom. The summed E-state index contributed by atoms with van der Waals surface area (Å²) in [5.41, 5.74) is 0. The fourth-order valence-corrected chi connectivity index (χ4v) is 2.26. The number of nitrogens with zero attached hydrogens (tertiary/aromatic N) is 1. The maximum atomic E-state index is 9.21. The normalized spacial score (nSPS) is 25.4. The molecule has 78 valence electrons. The fourth-order valence-electron chi connectivity index (χ4n) is 2.26. The highest BCUT2D eigenvalue weighted by atomic mass is 16.3. The molecule has 0 spiro atoms. The summed E-state index contributed by atoms with van der Waals surface area (Å²) in [6.07, 6.45) is 3.98. The fraction of sp³-hybridized carbons (Fsp3) is 0.636. The SMILES string of the molecule is CC(c1ccco1)N1CCCC1CO. The average Bonchev–Trinajstić information content (AvgIpc) is 2.87. The molecule has 3 nitrogen and oxygen atoms in total. The van der Waals surface area contributed by atoms with Crippen LogP contribution in [0.25, 0.3) is 0 Å².